The number of H-pyrrole nitrogens is 1. The smallest absolute Gasteiger partial charge is 0.272 e. The number of carbonyl (C=O) groups is 1. The van der Waals surface area contributed by atoms with Gasteiger partial charge in [-0.05, 0) is 17.9 Å². The van der Waals surface area contributed by atoms with Gasteiger partial charge in [0.05, 0.1) is 6.26 Å². The SMILES string of the molecule is CCc1cc(C(=O)NC2CN(CCNS(C)(=O)=O)CC2(C)C)n[nH]1. The molecule has 1 fully saturated rings. The number of aryl methyl sites for hydroxylation is 1. The van der Waals surface area contributed by atoms with Gasteiger partial charge in [0.25, 0.3) is 5.91 Å². The van der Waals surface area contributed by atoms with Crippen molar-refractivity contribution in [2.45, 2.75) is 33.2 Å². The van der Waals surface area contributed by atoms with Crippen LogP contribution < -0.4 is 10.0 Å². The molecule has 0 saturated carbocycles. The highest BCUT2D eigenvalue weighted by atomic mass is 32.2. The largest absolute Gasteiger partial charge is 0.346 e. The molecule has 0 spiro atoms. The second-order valence-electron chi connectivity index (χ2n) is 7.05. The van der Waals surface area contributed by atoms with Crippen molar-refractivity contribution < 1.29 is 13.2 Å². The Bertz CT molecular complexity index is 683. The van der Waals surface area contributed by atoms with Crippen LogP contribution in [0.5, 0.6) is 0 Å². The molecule has 1 saturated heterocycles. The minimum absolute atomic E-state index is 0.00925. The highest BCUT2D eigenvalue weighted by Crippen LogP contribution is 2.29. The lowest BCUT2D eigenvalue weighted by molar-refractivity contribution is 0.0911. The summed E-state index contributed by atoms with van der Waals surface area (Å²) in [6.45, 7) is 8.67. The van der Waals surface area contributed by atoms with E-state index in [4.69, 9.17) is 0 Å². The summed E-state index contributed by atoms with van der Waals surface area (Å²) in [7, 11) is -3.17. The van der Waals surface area contributed by atoms with E-state index < -0.39 is 10.0 Å². The number of hydrogen-bond donors (Lipinski definition) is 3. The van der Waals surface area contributed by atoms with Crippen molar-refractivity contribution in [3.8, 4) is 0 Å². The van der Waals surface area contributed by atoms with Crippen molar-refractivity contribution in [2.24, 2.45) is 5.41 Å². The summed E-state index contributed by atoms with van der Waals surface area (Å²) in [5.41, 5.74) is 1.24. The van der Waals surface area contributed by atoms with E-state index >= 15 is 0 Å². The first-order valence-corrected chi connectivity index (χ1v) is 10.0. The van der Waals surface area contributed by atoms with Gasteiger partial charge >= 0.3 is 0 Å². The summed E-state index contributed by atoms with van der Waals surface area (Å²) in [5.74, 6) is -0.180. The fraction of sp³-hybridized carbons (Fsp3) is 0.733. The highest BCUT2D eigenvalue weighted by Gasteiger charge is 2.40. The van der Waals surface area contributed by atoms with Gasteiger partial charge < -0.3 is 5.32 Å². The average Bonchev–Trinajstić information content (AvgIpc) is 3.02. The molecule has 1 aromatic rings. The maximum absolute atomic E-state index is 12.4. The molecule has 0 aliphatic carbocycles. The number of carbonyl (C=O) groups excluding carboxylic acids is 1. The number of likely N-dealkylation sites (tertiary alicyclic amines) is 1. The van der Waals surface area contributed by atoms with E-state index in [1.165, 1.54) is 0 Å². The predicted octanol–water partition coefficient (Wildman–Crippen LogP) is -0.0385. The Morgan fingerprint density at radius 2 is 2.21 bits per heavy atom. The van der Waals surface area contributed by atoms with Gasteiger partial charge in [0, 0.05) is 37.9 Å². The molecule has 1 unspecified atom stereocenters. The molecule has 0 bridgehead atoms. The van der Waals surface area contributed by atoms with Gasteiger partial charge in [0.15, 0.2) is 0 Å². The number of hydrogen-bond acceptors (Lipinski definition) is 5. The summed E-state index contributed by atoms with van der Waals surface area (Å²) in [5, 5.41) is 9.95. The van der Waals surface area contributed by atoms with Crippen LogP contribution in [-0.2, 0) is 16.4 Å². The van der Waals surface area contributed by atoms with Crippen LogP contribution in [0.25, 0.3) is 0 Å². The number of nitrogens with zero attached hydrogens (tertiary/aromatic N) is 2. The fourth-order valence-corrected chi connectivity index (χ4v) is 3.41. The van der Waals surface area contributed by atoms with E-state index in [-0.39, 0.29) is 17.4 Å². The Morgan fingerprint density at radius 1 is 1.50 bits per heavy atom. The summed E-state index contributed by atoms with van der Waals surface area (Å²) in [6.07, 6.45) is 1.95. The topological polar surface area (TPSA) is 107 Å². The average molecular weight is 357 g/mol. The van der Waals surface area contributed by atoms with Crippen molar-refractivity contribution in [2.75, 3.05) is 32.4 Å². The Labute approximate surface area is 143 Å². The second kappa shape index (κ2) is 7.20. The van der Waals surface area contributed by atoms with Gasteiger partial charge in [-0.1, -0.05) is 20.8 Å². The number of sulfonamides is 1. The zero-order valence-corrected chi connectivity index (χ0v) is 15.5. The van der Waals surface area contributed by atoms with Crippen LogP contribution in [0.2, 0.25) is 0 Å². The Morgan fingerprint density at radius 3 is 2.79 bits per heavy atom. The summed E-state index contributed by atoms with van der Waals surface area (Å²) >= 11 is 0. The number of aromatic nitrogens is 2. The molecule has 2 rings (SSSR count). The van der Waals surface area contributed by atoms with Crippen LogP contribution >= 0.6 is 0 Å². The molecule has 9 heteroatoms. The molecule has 0 radical (unpaired) electrons. The van der Waals surface area contributed by atoms with Gasteiger partial charge in [0.2, 0.25) is 10.0 Å². The lowest BCUT2D eigenvalue weighted by atomic mass is 9.88. The van der Waals surface area contributed by atoms with E-state index in [9.17, 15) is 13.2 Å². The molecule has 1 aliphatic heterocycles. The number of aromatic amines is 1. The maximum Gasteiger partial charge on any atom is 0.272 e. The van der Waals surface area contributed by atoms with E-state index in [2.05, 4.69) is 39.0 Å². The van der Waals surface area contributed by atoms with Gasteiger partial charge in [-0.25, -0.2) is 13.1 Å². The monoisotopic (exact) mass is 357 g/mol. The van der Waals surface area contributed by atoms with Crippen molar-refractivity contribution in [3.05, 3.63) is 17.5 Å². The molecule has 24 heavy (non-hydrogen) atoms. The molecule has 8 nitrogen and oxygen atoms in total. The lowest BCUT2D eigenvalue weighted by Crippen LogP contribution is -2.44. The highest BCUT2D eigenvalue weighted by molar-refractivity contribution is 7.88. The molecule has 0 aromatic carbocycles. The van der Waals surface area contributed by atoms with Crippen molar-refractivity contribution in [3.63, 3.8) is 0 Å². The fourth-order valence-electron chi connectivity index (χ4n) is 2.95. The van der Waals surface area contributed by atoms with Crippen LogP contribution in [0.1, 0.15) is 37.0 Å². The molecule has 3 N–H and O–H groups in total. The number of rotatable bonds is 7. The third-order valence-corrected chi connectivity index (χ3v) is 5.09. The van der Waals surface area contributed by atoms with Crippen LogP contribution in [-0.4, -0.2) is 67.9 Å². The molecule has 1 aromatic heterocycles. The van der Waals surface area contributed by atoms with Crippen LogP contribution in [0.15, 0.2) is 6.07 Å². The van der Waals surface area contributed by atoms with E-state index in [1.807, 2.05) is 6.92 Å². The van der Waals surface area contributed by atoms with Crippen LogP contribution in [0.4, 0.5) is 0 Å². The number of nitrogens with one attached hydrogen (secondary N) is 3. The normalized spacial score (nSPS) is 21.1. The molecular formula is C15H27N5O3S. The van der Waals surface area contributed by atoms with Crippen molar-refractivity contribution in [1.82, 2.24) is 25.1 Å². The molecule has 2 heterocycles. The number of amides is 1. The van der Waals surface area contributed by atoms with Crippen molar-refractivity contribution in [1.29, 1.82) is 0 Å². The third kappa shape index (κ3) is 5.02. The molecule has 1 amide bonds. The Hall–Kier alpha value is -1.45. The minimum atomic E-state index is -3.17. The van der Waals surface area contributed by atoms with Crippen LogP contribution in [0.3, 0.4) is 0 Å². The van der Waals surface area contributed by atoms with Gasteiger partial charge in [0.1, 0.15) is 5.69 Å². The molecule has 136 valence electrons. The summed E-state index contributed by atoms with van der Waals surface area (Å²) < 4.78 is 24.8. The molecule has 1 aliphatic rings. The van der Waals surface area contributed by atoms with E-state index in [1.54, 1.807) is 6.07 Å². The first kappa shape index (κ1) is 18.9. The zero-order chi connectivity index (χ0) is 18.0. The van der Waals surface area contributed by atoms with Crippen LogP contribution in [0, 0.1) is 5.41 Å². The third-order valence-electron chi connectivity index (χ3n) is 4.36. The predicted molar refractivity (Wildman–Crippen MR) is 92.3 cm³/mol. The van der Waals surface area contributed by atoms with Gasteiger partial charge in [-0.15, -0.1) is 0 Å². The quantitative estimate of drug-likeness (QED) is 0.635. The molecule has 1 atom stereocenters. The second-order valence-corrected chi connectivity index (χ2v) is 8.88. The molecular weight excluding hydrogens is 330 g/mol. The van der Waals surface area contributed by atoms with Gasteiger partial charge in [-0.2, -0.15) is 5.10 Å². The minimum Gasteiger partial charge on any atom is -0.346 e. The zero-order valence-electron chi connectivity index (χ0n) is 14.7. The van der Waals surface area contributed by atoms with E-state index in [0.717, 1.165) is 24.9 Å². The first-order chi connectivity index (χ1) is 11.1. The van der Waals surface area contributed by atoms with E-state index in [0.29, 0.717) is 25.3 Å². The Kier molecular flexibility index (Phi) is 5.67. The Balaban J connectivity index is 1.91. The summed E-state index contributed by atoms with van der Waals surface area (Å²) in [4.78, 5) is 14.5. The maximum atomic E-state index is 12.4. The summed E-state index contributed by atoms with van der Waals surface area (Å²) in [6, 6.07) is 1.76. The lowest BCUT2D eigenvalue weighted by Gasteiger charge is -2.26. The first-order valence-electron chi connectivity index (χ1n) is 8.13. The standard InChI is InChI=1S/C15H27N5O3S/c1-5-11-8-12(19-18-11)14(21)17-13-9-20(10-15(13,2)3)7-6-16-24(4,22)23/h8,13,16H,5-7,9-10H2,1-4H3,(H,17,21)(H,18,19). The van der Waals surface area contributed by atoms with Crippen molar-refractivity contribution >= 4 is 15.9 Å². The van der Waals surface area contributed by atoms with Gasteiger partial charge in [-0.3, -0.25) is 14.8 Å².